The molecule has 2 fully saturated rings. The maximum Gasteiger partial charge on any atom is 0.243 e. The number of hydrogen-bond acceptors (Lipinski definition) is 5. The Labute approximate surface area is 208 Å². The molecule has 7 heteroatoms. The van der Waals surface area contributed by atoms with Crippen molar-refractivity contribution in [2.45, 2.75) is 84.6 Å². The second kappa shape index (κ2) is 8.89. The van der Waals surface area contributed by atoms with Gasteiger partial charge in [0.2, 0.25) is 14.8 Å². The third-order valence-corrected chi connectivity index (χ3v) is 9.38. The van der Waals surface area contributed by atoms with Crippen LogP contribution in [0, 0.1) is 17.8 Å². The van der Waals surface area contributed by atoms with Gasteiger partial charge in [-0.1, -0.05) is 40.5 Å². The first-order valence-corrected chi connectivity index (χ1v) is 12.7. The number of hydrogen-bond donors (Lipinski definition) is 2. The van der Waals surface area contributed by atoms with Crippen LogP contribution in [0.25, 0.3) is 0 Å². The average Bonchev–Trinajstić information content (AvgIpc) is 2.75. The smallest absolute Gasteiger partial charge is 0.243 e. The second-order valence-electron chi connectivity index (χ2n) is 11.2. The Kier molecular flexibility index (Phi) is 6.56. The molecule has 3 aliphatic rings. The minimum atomic E-state index is -0.108. The summed E-state index contributed by atoms with van der Waals surface area (Å²) >= 11 is 0. The van der Waals surface area contributed by atoms with E-state index in [0.717, 1.165) is 38.0 Å². The van der Waals surface area contributed by atoms with Gasteiger partial charge in [-0.05, 0) is 87.5 Å². The summed E-state index contributed by atoms with van der Waals surface area (Å²) < 4.78 is 12.7. The number of ether oxygens (including phenoxy) is 2. The van der Waals surface area contributed by atoms with Gasteiger partial charge in [0.25, 0.3) is 0 Å². The van der Waals surface area contributed by atoms with Crippen molar-refractivity contribution in [3.05, 3.63) is 53.7 Å². The van der Waals surface area contributed by atoms with Gasteiger partial charge in [-0.15, -0.1) is 0 Å². The predicted molar refractivity (Wildman–Crippen MR) is 142 cm³/mol. The van der Waals surface area contributed by atoms with Crippen LogP contribution in [0.2, 0.25) is 13.6 Å². The van der Waals surface area contributed by atoms with Gasteiger partial charge in [0.1, 0.15) is 11.9 Å². The van der Waals surface area contributed by atoms with Crippen molar-refractivity contribution in [3.63, 3.8) is 0 Å². The number of piperidine rings is 1. The number of likely N-dealkylation sites (tertiary alicyclic amines) is 1. The number of nitrogens with zero attached hydrogens (tertiary/aromatic N) is 1. The molecule has 2 bridgehead atoms. The largest absolute Gasteiger partial charge is 0.477 e. The third kappa shape index (κ3) is 3.49. The summed E-state index contributed by atoms with van der Waals surface area (Å²) in [7, 11) is 6.03. The van der Waals surface area contributed by atoms with Gasteiger partial charge < -0.3 is 24.8 Å². The fraction of sp³-hybridized carbons (Fsp3) is 0.630. The first-order chi connectivity index (χ1) is 16.0. The molecule has 2 aliphatic carbocycles. The fourth-order valence-corrected chi connectivity index (χ4v) is 7.90. The van der Waals surface area contributed by atoms with E-state index in [0.29, 0.717) is 17.8 Å². The molecule has 34 heavy (non-hydrogen) atoms. The van der Waals surface area contributed by atoms with Crippen LogP contribution >= 0.6 is 0 Å². The van der Waals surface area contributed by atoms with Gasteiger partial charge in [0.05, 0.1) is 0 Å². The van der Waals surface area contributed by atoms with Crippen LogP contribution in [0.1, 0.15) is 56.7 Å². The summed E-state index contributed by atoms with van der Waals surface area (Å²) in [5.74, 6) is 2.07. The van der Waals surface area contributed by atoms with E-state index in [1.807, 2.05) is 28.5 Å². The van der Waals surface area contributed by atoms with E-state index in [9.17, 15) is 0 Å². The van der Waals surface area contributed by atoms with Gasteiger partial charge in [-0.2, -0.15) is 0 Å². The molecule has 4 atom stereocenters. The lowest BCUT2D eigenvalue weighted by Gasteiger charge is -2.71. The molecule has 182 valence electrons. The molecule has 1 saturated carbocycles. The van der Waals surface area contributed by atoms with Gasteiger partial charge in [-0.25, -0.2) is 0 Å². The summed E-state index contributed by atoms with van der Waals surface area (Å²) in [6, 6.07) is 4.93. The Morgan fingerprint density at radius 3 is 2.44 bits per heavy atom. The lowest BCUT2D eigenvalue weighted by atomic mass is 9.36. The highest BCUT2D eigenvalue weighted by Gasteiger charge is 2.70. The van der Waals surface area contributed by atoms with E-state index in [-0.39, 0.29) is 22.3 Å². The van der Waals surface area contributed by atoms with Gasteiger partial charge in [0.15, 0.2) is 11.8 Å². The van der Waals surface area contributed by atoms with Crippen molar-refractivity contribution in [3.8, 4) is 5.75 Å². The Hall–Kier alpha value is -2.01. The number of nitrogens with one attached hydrogen (secondary N) is 2. The van der Waals surface area contributed by atoms with E-state index in [4.69, 9.17) is 9.47 Å². The van der Waals surface area contributed by atoms with Crippen LogP contribution < -0.4 is 15.2 Å². The molecule has 1 aromatic rings. The highest BCUT2D eigenvalue weighted by molar-refractivity contribution is 6.30. The van der Waals surface area contributed by atoms with Crippen molar-refractivity contribution in [2.75, 3.05) is 13.6 Å². The van der Waals surface area contributed by atoms with Crippen LogP contribution in [0.4, 0.5) is 0 Å². The molecule has 1 heterocycles. The monoisotopic (exact) mass is 461 g/mol. The quantitative estimate of drug-likeness (QED) is 0.440. The van der Waals surface area contributed by atoms with Crippen LogP contribution in [0.3, 0.4) is 0 Å². The zero-order valence-electron chi connectivity index (χ0n) is 22.2. The maximum absolute atomic E-state index is 6.53. The van der Waals surface area contributed by atoms with Crippen molar-refractivity contribution in [2.24, 2.45) is 10.8 Å². The molecule has 0 spiro atoms. The topological polar surface area (TPSA) is 45.8 Å². The van der Waals surface area contributed by atoms with Crippen LogP contribution in [0.5, 0.6) is 5.75 Å². The highest BCUT2D eigenvalue weighted by Crippen LogP contribution is 2.70. The van der Waals surface area contributed by atoms with Gasteiger partial charge >= 0.3 is 0 Å². The lowest BCUT2D eigenvalue weighted by molar-refractivity contribution is -0.184. The Bertz CT molecular complexity index is 981. The zero-order chi connectivity index (χ0) is 24.9. The standard InChI is InChI=1S/C27H41B2N3O2/c1-17-21(33-18(2)30-28-7)11-10-20-16-22-26(6)13-12-23(34-19(3)31-29-8)25(4,5)27(26,24(17)20)14-15-32(22)9/h10-11,22-23,30-31H,2-3,12-16H2,1,4-9H3/t22-,23?,26?,27-/m0/s1. The minimum absolute atomic E-state index is 0.0427. The predicted octanol–water partition coefficient (Wildman–Crippen LogP) is 4.54. The number of likely N-dealkylation sites (N-methyl/N-ethyl adjacent to an activating group) is 1. The molecule has 1 saturated heterocycles. The van der Waals surface area contributed by atoms with Gasteiger partial charge in [-0.3, -0.25) is 0 Å². The molecule has 2 unspecified atom stereocenters. The van der Waals surface area contributed by atoms with E-state index in [1.165, 1.54) is 16.7 Å². The Morgan fingerprint density at radius 1 is 1.09 bits per heavy atom. The minimum Gasteiger partial charge on any atom is -0.477 e. The number of fused-ring (bicyclic) bond motifs is 1. The molecular weight excluding hydrogens is 420 g/mol. The summed E-state index contributed by atoms with van der Waals surface area (Å²) in [5.41, 5.74) is 4.15. The Balaban J connectivity index is 1.88. The molecule has 0 aromatic heterocycles. The second-order valence-corrected chi connectivity index (χ2v) is 11.2. The molecule has 2 N–H and O–H groups in total. The molecule has 1 aliphatic heterocycles. The van der Waals surface area contributed by atoms with E-state index >= 15 is 0 Å². The van der Waals surface area contributed by atoms with Crippen LogP contribution in [-0.2, 0) is 16.6 Å². The fourth-order valence-electron chi connectivity index (χ4n) is 7.90. The van der Waals surface area contributed by atoms with Crippen molar-refractivity contribution < 1.29 is 9.47 Å². The first kappa shape index (κ1) is 25.1. The lowest BCUT2D eigenvalue weighted by Crippen LogP contribution is -2.73. The summed E-state index contributed by atoms with van der Waals surface area (Å²) in [6.07, 6.45) is 4.40. The summed E-state index contributed by atoms with van der Waals surface area (Å²) in [6.45, 7) is 22.8. The van der Waals surface area contributed by atoms with Crippen molar-refractivity contribution in [1.82, 2.24) is 15.4 Å². The SMILES string of the molecule is C=C(N[B]C)Oc1ccc2c(c1C)[C@]13CCN(C)[C@@H](C2)C1(C)CCC(OC(=C)N[B]C)C3(C)C. The van der Waals surface area contributed by atoms with Crippen LogP contribution in [0.15, 0.2) is 37.1 Å². The molecule has 0 amide bonds. The average molecular weight is 461 g/mol. The summed E-state index contributed by atoms with van der Waals surface area (Å²) in [5, 5.41) is 6.24. The molecular formula is C27H41B2N3O2. The first-order valence-electron chi connectivity index (χ1n) is 12.7. The van der Waals surface area contributed by atoms with Crippen LogP contribution in [-0.4, -0.2) is 45.5 Å². The van der Waals surface area contributed by atoms with Gasteiger partial charge in [0, 0.05) is 16.9 Å². The summed E-state index contributed by atoms with van der Waals surface area (Å²) in [4.78, 5) is 2.60. The zero-order valence-corrected chi connectivity index (χ0v) is 22.2. The molecule has 1 aromatic carbocycles. The van der Waals surface area contributed by atoms with E-state index in [2.05, 4.69) is 75.4 Å². The number of rotatable bonds is 8. The van der Waals surface area contributed by atoms with E-state index < -0.39 is 0 Å². The number of benzene rings is 1. The normalized spacial score (nSPS) is 31.4. The highest BCUT2D eigenvalue weighted by atomic mass is 16.5. The van der Waals surface area contributed by atoms with Crippen molar-refractivity contribution >= 4 is 14.8 Å². The Morgan fingerprint density at radius 2 is 1.76 bits per heavy atom. The van der Waals surface area contributed by atoms with E-state index in [1.54, 1.807) is 0 Å². The van der Waals surface area contributed by atoms with Crippen molar-refractivity contribution in [1.29, 1.82) is 0 Å². The molecule has 4 rings (SSSR count). The maximum atomic E-state index is 6.53. The third-order valence-electron chi connectivity index (χ3n) is 9.38. The molecule has 2 radical (unpaired) electrons. The molecule has 5 nitrogen and oxygen atoms in total.